The van der Waals surface area contributed by atoms with Gasteiger partial charge >= 0.3 is 0 Å². The highest BCUT2D eigenvalue weighted by Gasteiger charge is 2.19. The third-order valence-electron chi connectivity index (χ3n) is 2.24. The molecule has 0 aliphatic heterocycles. The third-order valence-corrected chi connectivity index (χ3v) is 2.54. The molecule has 0 atom stereocenters. The molecule has 0 unspecified atom stereocenters. The molecule has 0 fully saturated rings. The fourth-order valence-electron chi connectivity index (χ4n) is 1.75. The Hall–Kier alpha value is -0.800. The van der Waals surface area contributed by atoms with Crippen molar-refractivity contribution < 1.29 is 0 Å². The van der Waals surface area contributed by atoms with Crippen molar-refractivity contribution >= 4 is 17.4 Å². The standard InChI is InChI=1S/C12H20ClN3/c1-12(2,9-16(3)4)8-15-11-10(13)6-5-7-14-11/h5-7H,8-9H2,1-4H3,(H,14,15). The van der Waals surface area contributed by atoms with Crippen LogP contribution in [0.4, 0.5) is 5.82 Å². The van der Waals surface area contributed by atoms with E-state index in [1.165, 1.54) is 0 Å². The van der Waals surface area contributed by atoms with Crippen LogP contribution in [-0.2, 0) is 0 Å². The molecule has 3 nitrogen and oxygen atoms in total. The monoisotopic (exact) mass is 241 g/mol. The molecule has 1 aromatic rings. The van der Waals surface area contributed by atoms with Gasteiger partial charge in [-0.25, -0.2) is 4.98 Å². The maximum absolute atomic E-state index is 6.02. The summed E-state index contributed by atoms with van der Waals surface area (Å²) in [5.41, 5.74) is 0.185. The summed E-state index contributed by atoms with van der Waals surface area (Å²) in [6.45, 7) is 6.31. The number of anilines is 1. The molecule has 4 heteroatoms. The van der Waals surface area contributed by atoms with Gasteiger partial charge in [-0.3, -0.25) is 0 Å². The van der Waals surface area contributed by atoms with Gasteiger partial charge in [0.05, 0.1) is 5.02 Å². The summed E-state index contributed by atoms with van der Waals surface area (Å²) in [6.07, 6.45) is 1.74. The van der Waals surface area contributed by atoms with E-state index in [0.29, 0.717) is 5.02 Å². The Bertz CT molecular complexity index is 337. The highest BCUT2D eigenvalue weighted by atomic mass is 35.5. The number of halogens is 1. The molecule has 0 amide bonds. The molecule has 0 spiro atoms. The normalized spacial score (nSPS) is 11.9. The highest BCUT2D eigenvalue weighted by molar-refractivity contribution is 6.32. The van der Waals surface area contributed by atoms with Crippen LogP contribution in [0.3, 0.4) is 0 Å². The van der Waals surface area contributed by atoms with Crippen molar-refractivity contribution in [1.82, 2.24) is 9.88 Å². The second-order valence-electron chi connectivity index (χ2n) is 5.09. The summed E-state index contributed by atoms with van der Waals surface area (Å²) in [5.74, 6) is 0.760. The second kappa shape index (κ2) is 5.51. The van der Waals surface area contributed by atoms with Crippen LogP contribution in [0.5, 0.6) is 0 Å². The molecule has 0 radical (unpaired) electrons. The lowest BCUT2D eigenvalue weighted by Crippen LogP contribution is -2.34. The molecular weight excluding hydrogens is 222 g/mol. The number of hydrogen-bond acceptors (Lipinski definition) is 3. The van der Waals surface area contributed by atoms with Gasteiger partial charge in [-0.15, -0.1) is 0 Å². The molecule has 16 heavy (non-hydrogen) atoms. The van der Waals surface area contributed by atoms with Crippen molar-refractivity contribution in [3.05, 3.63) is 23.4 Å². The Kier molecular flexibility index (Phi) is 4.56. The number of hydrogen-bond donors (Lipinski definition) is 1. The molecule has 1 heterocycles. The van der Waals surface area contributed by atoms with E-state index in [0.717, 1.165) is 18.9 Å². The average Bonchev–Trinajstić information content (AvgIpc) is 2.14. The lowest BCUT2D eigenvalue weighted by molar-refractivity contribution is 0.254. The minimum atomic E-state index is 0.185. The highest BCUT2D eigenvalue weighted by Crippen LogP contribution is 2.21. The first-order chi connectivity index (χ1) is 7.41. The van der Waals surface area contributed by atoms with E-state index in [4.69, 9.17) is 11.6 Å². The molecule has 90 valence electrons. The van der Waals surface area contributed by atoms with Crippen LogP contribution in [0.15, 0.2) is 18.3 Å². The quantitative estimate of drug-likeness (QED) is 0.859. The van der Waals surface area contributed by atoms with Crippen molar-refractivity contribution in [2.24, 2.45) is 5.41 Å². The minimum Gasteiger partial charge on any atom is -0.368 e. The first-order valence-corrected chi connectivity index (χ1v) is 5.78. The van der Waals surface area contributed by atoms with Crippen molar-refractivity contribution in [3.8, 4) is 0 Å². The Morgan fingerprint density at radius 2 is 2.12 bits per heavy atom. The fourth-order valence-corrected chi connectivity index (χ4v) is 1.94. The van der Waals surface area contributed by atoms with E-state index in [1.54, 1.807) is 6.20 Å². The van der Waals surface area contributed by atoms with Gasteiger partial charge in [-0.1, -0.05) is 25.4 Å². The van der Waals surface area contributed by atoms with E-state index in [9.17, 15) is 0 Å². The Morgan fingerprint density at radius 1 is 1.44 bits per heavy atom. The predicted molar refractivity (Wildman–Crippen MR) is 70.1 cm³/mol. The maximum Gasteiger partial charge on any atom is 0.144 e. The number of nitrogens with zero attached hydrogens (tertiary/aromatic N) is 2. The maximum atomic E-state index is 6.02. The average molecular weight is 242 g/mol. The molecule has 1 rings (SSSR count). The molecule has 0 bridgehead atoms. The molecule has 1 aromatic heterocycles. The summed E-state index contributed by atoms with van der Waals surface area (Å²) in [7, 11) is 4.16. The summed E-state index contributed by atoms with van der Waals surface area (Å²) < 4.78 is 0. The Morgan fingerprint density at radius 3 is 2.69 bits per heavy atom. The van der Waals surface area contributed by atoms with Crippen LogP contribution in [0.25, 0.3) is 0 Å². The number of rotatable bonds is 5. The Balaban J connectivity index is 2.54. The number of aromatic nitrogens is 1. The van der Waals surface area contributed by atoms with Gasteiger partial charge in [0.1, 0.15) is 5.82 Å². The molecule has 1 N–H and O–H groups in total. The van der Waals surface area contributed by atoms with Crippen molar-refractivity contribution in [3.63, 3.8) is 0 Å². The van der Waals surface area contributed by atoms with Crippen molar-refractivity contribution in [1.29, 1.82) is 0 Å². The lowest BCUT2D eigenvalue weighted by atomic mass is 9.93. The van der Waals surface area contributed by atoms with Gasteiger partial charge in [-0.05, 0) is 31.6 Å². The zero-order valence-corrected chi connectivity index (χ0v) is 11.2. The van der Waals surface area contributed by atoms with Crippen LogP contribution in [-0.4, -0.2) is 37.1 Å². The van der Waals surface area contributed by atoms with E-state index >= 15 is 0 Å². The summed E-state index contributed by atoms with van der Waals surface area (Å²) >= 11 is 6.02. The lowest BCUT2D eigenvalue weighted by Gasteiger charge is -2.28. The zero-order valence-electron chi connectivity index (χ0n) is 10.4. The molecule has 0 aromatic carbocycles. The smallest absolute Gasteiger partial charge is 0.144 e. The largest absolute Gasteiger partial charge is 0.368 e. The zero-order chi connectivity index (χ0) is 12.2. The number of nitrogens with one attached hydrogen (secondary N) is 1. The Labute approximate surface area is 103 Å². The van der Waals surface area contributed by atoms with Gasteiger partial charge < -0.3 is 10.2 Å². The van der Waals surface area contributed by atoms with Crippen LogP contribution in [0.1, 0.15) is 13.8 Å². The SMILES string of the molecule is CN(C)CC(C)(C)CNc1ncccc1Cl. The van der Waals surface area contributed by atoms with Crippen LogP contribution < -0.4 is 5.32 Å². The van der Waals surface area contributed by atoms with Crippen LogP contribution >= 0.6 is 11.6 Å². The van der Waals surface area contributed by atoms with Gasteiger partial charge in [0.15, 0.2) is 0 Å². The van der Waals surface area contributed by atoms with Crippen LogP contribution in [0.2, 0.25) is 5.02 Å². The van der Waals surface area contributed by atoms with E-state index < -0.39 is 0 Å². The van der Waals surface area contributed by atoms with Gasteiger partial charge in [0.2, 0.25) is 0 Å². The molecule has 0 saturated carbocycles. The molecule has 0 aliphatic carbocycles. The predicted octanol–water partition coefficient (Wildman–Crippen LogP) is 2.73. The minimum absolute atomic E-state index is 0.185. The first-order valence-electron chi connectivity index (χ1n) is 5.40. The van der Waals surface area contributed by atoms with Gasteiger partial charge in [0, 0.05) is 19.3 Å². The van der Waals surface area contributed by atoms with E-state index in [1.807, 2.05) is 12.1 Å². The summed E-state index contributed by atoms with van der Waals surface area (Å²) in [4.78, 5) is 6.39. The third kappa shape index (κ3) is 4.37. The second-order valence-corrected chi connectivity index (χ2v) is 5.50. The van der Waals surface area contributed by atoms with Crippen LogP contribution in [0, 0.1) is 5.41 Å². The molecular formula is C12H20ClN3. The van der Waals surface area contributed by atoms with E-state index in [-0.39, 0.29) is 5.41 Å². The summed E-state index contributed by atoms with van der Waals surface area (Å²) in [6, 6.07) is 3.67. The first kappa shape index (κ1) is 13.3. The van der Waals surface area contributed by atoms with Gasteiger partial charge in [-0.2, -0.15) is 0 Å². The summed E-state index contributed by atoms with van der Waals surface area (Å²) in [5, 5.41) is 3.96. The fraction of sp³-hybridized carbons (Fsp3) is 0.583. The number of pyridine rings is 1. The molecule has 0 aliphatic rings. The van der Waals surface area contributed by atoms with E-state index in [2.05, 4.69) is 43.1 Å². The van der Waals surface area contributed by atoms with Gasteiger partial charge in [0.25, 0.3) is 0 Å². The molecule has 0 saturated heterocycles. The van der Waals surface area contributed by atoms with Crippen molar-refractivity contribution in [2.75, 3.05) is 32.5 Å². The van der Waals surface area contributed by atoms with Crippen molar-refractivity contribution in [2.45, 2.75) is 13.8 Å². The topological polar surface area (TPSA) is 28.2 Å².